The lowest BCUT2D eigenvalue weighted by Crippen LogP contribution is -2.41. The Morgan fingerprint density at radius 3 is 2.23 bits per heavy atom. The van der Waals surface area contributed by atoms with E-state index in [9.17, 15) is 0 Å². The first-order chi connectivity index (χ1) is 12.1. The number of rotatable bonds is 7. The zero-order valence-electron chi connectivity index (χ0n) is 15.6. The van der Waals surface area contributed by atoms with Crippen LogP contribution in [-0.2, 0) is 14.0 Å². The summed E-state index contributed by atoms with van der Waals surface area (Å²) in [6.07, 6.45) is 1.91. The fourth-order valence-electron chi connectivity index (χ4n) is 2.58. The summed E-state index contributed by atoms with van der Waals surface area (Å²) in [5.74, 6) is 0. The van der Waals surface area contributed by atoms with Crippen molar-refractivity contribution in [1.82, 2.24) is 0 Å². The van der Waals surface area contributed by atoms with Gasteiger partial charge in [-0.25, -0.2) is 4.39 Å². The molecule has 0 aliphatic carbocycles. The normalized spacial score (nSPS) is 19.4. The van der Waals surface area contributed by atoms with Crippen molar-refractivity contribution in [3.05, 3.63) is 52.2 Å². The molecule has 1 heterocycles. The van der Waals surface area contributed by atoms with Crippen LogP contribution in [0, 0.1) is 0 Å². The Balaban J connectivity index is 2.42. The van der Waals surface area contributed by atoms with E-state index in [0.29, 0.717) is 27.8 Å². The molecule has 2 rings (SSSR count). The molecule has 1 saturated heterocycles. The highest BCUT2D eigenvalue weighted by molar-refractivity contribution is 6.55. The van der Waals surface area contributed by atoms with Crippen molar-refractivity contribution in [2.45, 2.75) is 45.3 Å². The van der Waals surface area contributed by atoms with Crippen LogP contribution in [-0.4, -0.2) is 31.5 Å². The summed E-state index contributed by atoms with van der Waals surface area (Å²) in [4.78, 5) is 0. The topological polar surface area (TPSA) is 27.7 Å². The van der Waals surface area contributed by atoms with Crippen LogP contribution in [0.5, 0.6) is 0 Å². The van der Waals surface area contributed by atoms with Crippen LogP contribution in [0.3, 0.4) is 0 Å². The highest BCUT2D eigenvalue weighted by atomic mass is 35.5. The van der Waals surface area contributed by atoms with E-state index < -0.39 is 24.0 Å². The number of benzene rings is 1. The Kier molecular flexibility index (Phi) is 6.97. The predicted octanol–water partition coefficient (Wildman–Crippen LogP) is 5.90. The quantitative estimate of drug-likeness (QED) is 0.324. The minimum atomic E-state index is -1.12. The van der Waals surface area contributed by atoms with Gasteiger partial charge in [0, 0.05) is 15.6 Å². The van der Waals surface area contributed by atoms with E-state index in [1.165, 1.54) is 0 Å². The van der Waals surface area contributed by atoms with E-state index in [1.807, 2.05) is 27.7 Å². The van der Waals surface area contributed by atoms with Crippen molar-refractivity contribution in [3.8, 4) is 0 Å². The van der Waals surface area contributed by atoms with Gasteiger partial charge < -0.3 is 14.0 Å². The van der Waals surface area contributed by atoms with Gasteiger partial charge in [-0.05, 0) is 51.8 Å². The van der Waals surface area contributed by atoms with Gasteiger partial charge in [0.05, 0.1) is 24.4 Å². The summed E-state index contributed by atoms with van der Waals surface area (Å²) >= 11 is 12.6. The Labute approximate surface area is 165 Å². The van der Waals surface area contributed by atoms with Gasteiger partial charge in [0.15, 0.2) is 0 Å². The molecule has 0 bridgehead atoms. The second-order valence-corrected chi connectivity index (χ2v) is 7.94. The summed E-state index contributed by atoms with van der Waals surface area (Å²) in [7, 11) is -1.12. The van der Waals surface area contributed by atoms with Crippen molar-refractivity contribution in [2.75, 3.05) is 13.2 Å². The molecule has 0 amide bonds. The van der Waals surface area contributed by atoms with Crippen LogP contribution in [0.15, 0.2) is 36.6 Å². The minimum Gasteiger partial charge on any atom is -0.398 e. The highest BCUT2D eigenvalue weighted by Gasteiger charge is 2.53. The minimum absolute atomic E-state index is 0.271. The number of halogens is 3. The lowest BCUT2D eigenvalue weighted by molar-refractivity contribution is 0.00578. The van der Waals surface area contributed by atoms with Crippen LogP contribution in [0.1, 0.15) is 39.7 Å². The van der Waals surface area contributed by atoms with E-state index in [2.05, 4.69) is 6.58 Å². The van der Waals surface area contributed by atoms with Crippen molar-refractivity contribution in [3.63, 3.8) is 0 Å². The molecule has 0 aromatic heterocycles. The molecule has 1 aromatic rings. The van der Waals surface area contributed by atoms with Crippen LogP contribution in [0.25, 0.3) is 5.57 Å². The molecule has 0 saturated carbocycles. The maximum atomic E-state index is 15.5. The molecule has 0 atom stereocenters. The second-order valence-electron chi connectivity index (χ2n) is 7.12. The molecule has 1 fully saturated rings. The SMILES string of the molecule is C=CCOCCC(=C(F)B1OC(C)(C)C(C)(C)O1)c1c(Cl)cccc1Cl. The molecular formula is C19H24BCl2FO3. The van der Waals surface area contributed by atoms with E-state index >= 15 is 4.39 Å². The number of hydrogen-bond acceptors (Lipinski definition) is 3. The smallest absolute Gasteiger partial charge is 0.398 e. The Bertz CT molecular complexity index is 668. The van der Waals surface area contributed by atoms with Crippen LogP contribution < -0.4 is 0 Å². The first kappa shape index (κ1) is 21.5. The van der Waals surface area contributed by atoms with Crippen LogP contribution in [0.2, 0.25) is 10.0 Å². The van der Waals surface area contributed by atoms with E-state index in [1.54, 1.807) is 24.3 Å². The summed E-state index contributed by atoms with van der Waals surface area (Å²) in [6, 6.07) is 5.06. The molecule has 0 unspecified atom stereocenters. The fourth-order valence-corrected chi connectivity index (χ4v) is 3.21. The zero-order chi connectivity index (χ0) is 19.5. The van der Waals surface area contributed by atoms with Gasteiger partial charge in [0.2, 0.25) is 0 Å². The highest BCUT2D eigenvalue weighted by Crippen LogP contribution is 2.42. The predicted molar refractivity (Wildman–Crippen MR) is 106 cm³/mol. The summed E-state index contributed by atoms with van der Waals surface area (Å²) in [6.45, 7) is 11.7. The second kappa shape index (κ2) is 8.45. The average Bonchev–Trinajstić information content (AvgIpc) is 2.76. The van der Waals surface area contributed by atoms with Crippen molar-refractivity contribution < 1.29 is 18.4 Å². The van der Waals surface area contributed by atoms with E-state index in [4.69, 9.17) is 37.2 Å². The fraction of sp³-hybridized carbons (Fsp3) is 0.474. The Morgan fingerprint density at radius 1 is 1.19 bits per heavy atom. The number of ether oxygens (including phenoxy) is 1. The standard InChI is InChI=1S/C19H24BCl2FO3/c1-6-11-24-12-10-13(16-14(21)8-7-9-15(16)22)17(23)20-25-18(2,3)19(4,5)26-20/h6-9H,1,10-12H2,2-5H3. The van der Waals surface area contributed by atoms with Gasteiger partial charge in [-0.1, -0.05) is 35.3 Å². The third-order valence-electron chi connectivity index (χ3n) is 4.75. The Morgan fingerprint density at radius 2 is 1.73 bits per heavy atom. The van der Waals surface area contributed by atoms with Crippen LogP contribution in [0.4, 0.5) is 4.39 Å². The summed E-state index contributed by atoms with van der Waals surface area (Å²) < 4.78 is 32.5. The van der Waals surface area contributed by atoms with E-state index in [-0.39, 0.29) is 13.0 Å². The molecule has 3 nitrogen and oxygen atoms in total. The molecule has 1 aliphatic heterocycles. The lowest BCUT2D eigenvalue weighted by atomic mass is 9.81. The lowest BCUT2D eigenvalue weighted by Gasteiger charge is -2.32. The Hall–Kier alpha value is -0.845. The van der Waals surface area contributed by atoms with Gasteiger partial charge in [-0.3, -0.25) is 0 Å². The van der Waals surface area contributed by atoms with Gasteiger partial charge in [0.1, 0.15) is 5.73 Å². The van der Waals surface area contributed by atoms with Crippen molar-refractivity contribution in [1.29, 1.82) is 0 Å². The number of hydrogen-bond donors (Lipinski definition) is 0. The third kappa shape index (κ3) is 4.52. The van der Waals surface area contributed by atoms with E-state index in [0.717, 1.165) is 0 Å². The van der Waals surface area contributed by atoms with Gasteiger partial charge >= 0.3 is 7.12 Å². The largest absolute Gasteiger partial charge is 0.525 e. The molecule has 1 aliphatic rings. The average molecular weight is 401 g/mol. The molecule has 0 radical (unpaired) electrons. The maximum Gasteiger partial charge on any atom is 0.525 e. The maximum absolute atomic E-state index is 15.5. The molecule has 0 N–H and O–H groups in total. The van der Waals surface area contributed by atoms with Gasteiger partial charge in [-0.15, -0.1) is 6.58 Å². The van der Waals surface area contributed by atoms with Gasteiger partial charge in [0.25, 0.3) is 0 Å². The zero-order valence-corrected chi connectivity index (χ0v) is 17.1. The summed E-state index contributed by atoms with van der Waals surface area (Å²) in [5.41, 5.74) is -1.08. The first-order valence-electron chi connectivity index (χ1n) is 8.48. The van der Waals surface area contributed by atoms with Gasteiger partial charge in [-0.2, -0.15) is 0 Å². The molecule has 1 aromatic carbocycles. The molecular weight excluding hydrogens is 377 g/mol. The first-order valence-corrected chi connectivity index (χ1v) is 9.23. The molecule has 0 spiro atoms. The third-order valence-corrected chi connectivity index (χ3v) is 5.38. The van der Waals surface area contributed by atoms with Crippen LogP contribution >= 0.6 is 23.2 Å². The van der Waals surface area contributed by atoms with Crippen molar-refractivity contribution >= 4 is 35.9 Å². The molecule has 26 heavy (non-hydrogen) atoms. The monoisotopic (exact) mass is 400 g/mol. The summed E-state index contributed by atoms with van der Waals surface area (Å²) in [5, 5.41) is 0.728. The molecule has 7 heteroatoms. The molecule has 142 valence electrons. The van der Waals surface area contributed by atoms with Crippen molar-refractivity contribution in [2.24, 2.45) is 0 Å².